The predicted molar refractivity (Wildman–Crippen MR) is 124 cm³/mol. The van der Waals surface area contributed by atoms with Gasteiger partial charge in [-0.3, -0.25) is 0 Å². The van der Waals surface area contributed by atoms with E-state index in [1.165, 1.54) is 27.8 Å². The highest BCUT2D eigenvalue weighted by Crippen LogP contribution is 2.30. The number of hydrogen-bond acceptors (Lipinski definition) is 2. The quantitative estimate of drug-likeness (QED) is 0.355. The Balaban J connectivity index is 1.84. The van der Waals surface area contributed by atoms with Crippen molar-refractivity contribution in [1.82, 2.24) is 9.55 Å². The number of fused-ring (bicyclic) bond motifs is 1. The van der Waals surface area contributed by atoms with E-state index >= 15 is 0 Å². The van der Waals surface area contributed by atoms with Gasteiger partial charge in [0.25, 0.3) is 0 Å². The van der Waals surface area contributed by atoms with Crippen molar-refractivity contribution < 1.29 is 4.74 Å². The lowest BCUT2D eigenvalue weighted by atomic mass is 9.94. The number of para-hydroxylation sites is 3. The van der Waals surface area contributed by atoms with Crippen LogP contribution in [0.3, 0.4) is 0 Å². The normalized spacial score (nSPS) is 12.3. The Morgan fingerprint density at radius 2 is 1.50 bits per heavy atom. The lowest BCUT2D eigenvalue weighted by molar-refractivity contribution is 0.187. The molecule has 154 valence electrons. The molecule has 1 aromatic heterocycles. The number of ether oxygens (including phenoxy) is 1. The summed E-state index contributed by atoms with van der Waals surface area (Å²) in [4.78, 5) is 5.02. The maximum Gasteiger partial charge on any atom is 0.156 e. The Kier molecular flexibility index (Phi) is 5.63. The van der Waals surface area contributed by atoms with Crippen LogP contribution in [-0.2, 0) is 6.54 Å². The fraction of sp³-hybridized carbons (Fsp3) is 0.296. The molecular formula is C27H30N2O. The monoisotopic (exact) mass is 398 g/mol. The molecule has 1 atom stereocenters. The maximum atomic E-state index is 6.38. The van der Waals surface area contributed by atoms with E-state index in [-0.39, 0.29) is 6.10 Å². The van der Waals surface area contributed by atoms with Crippen molar-refractivity contribution in [2.75, 3.05) is 0 Å². The predicted octanol–water partition coefficient (Wildman–Crippen LogP) is 6.85. The van der Waals surface area contributed by atoms with Gasteiger partial charge in [-0.15, -0.1) is 0 Å². The summed E-state index contributed by atoms with van der Waals surface area (Å²) in [5, 5.41) is 0. The number of rotatable bonds is 6. The van der Waals surface area contributed by atoms with Gasteiger partial charge < -0.3 is 9.30 Å². The highest BCUT2D eigenvalue weighted by molar-refractivity contribution is 5.76. The van der Waals surface area contributed by atoms with E-state index in [0.717, 1.165) is 35.6 Å². The SMILES string of the molecule is CCC(Oc1ccccc1)c1nc2ccccc2n1Cc1c(C)c(C)cc(C)c1C. The molecule has 0 fully saturated rings. The molecular weight excluding hydrogens is 368 g/mol. The first-order valence-corrected chi connectivity index (χ1v) is 10.7. The Labute approximate surface area is 179 Å². The molecule has 0 bridgehead atoms. The number of nitrogens with zero attached hydrogens (tertiary/aromatic N) is 2. The van der Waals surface area contributed by atoms with E-state index in [9.17, 15) is 0 Å². The Morgan fingerprint density at radius 3 is 2.17 bits per heavy atom. The molecule has 1 heterocycles. The summed E-state index contributed by atoms with van der Waals surface area (Å²) in [6.07, 6.45) is 0.745. The lowest BCUT2D eigenvalue weighted by Gasteiger charge is -2.21. The summed E-state index contributed by atoms with van der Waals surface area (Å²) in [6, 6.07) is 20.7. The fourth-order valence-electron chi connectivity index (χ4n) is 4.18. The molecule has 4 aromatic rings. The van der Waals surface area contributed by atoms with E-state index in [0.29, 0.717) is 0 Å². The number of aromatic nitrogens is 2. The largest absolute Gasteiger partial charge is 0.483 e. The van der Waals surface area contributed by atoms with Crippen LogP contribution in [0.4, 0.5) is 0 Å². The van der Waals surface area contributed by atoms with Crippen molar-refractivity contribution in [2.24, 2.45) is 0 Å². The molecule has 3 heteroatoms. The van der Waals surface area contributed by atoms with Gasteiger partial charge in [-0.25, -0.2) is 4.98 Å². The summed E-state index contributed by atoms with van der Waals surface area (Å²) in [5.41, 5.74) is 8.95. The third-order valence-electron chi connectivity index (χ3n) is 6.20. The van der Waals surface area contributed by atoms with E-state index in [1.54, 1.807) is 0 Å². The van der Waals surface area contributed by atoms with Crippen LogP contribution in [-0.4, -0.2) is 9.55 Å². The van der Waals surface area contributed by atoms with Crippen molar-refractivity contribution in [3.8, 4) is 5.75 Å². The van der Waals surface area contributed by atoms with E-state index in [1.807, 2.05) is 30.3 Å². The van der Waals surface area contributed by atoms with Crippen LogP contribution in [0.15, 0.2) is 60.7 Å². The first kappa shape index (κ1) is 20.2. The molecule has 0 spiro atoms. The molecule has 30 heavy (non-hydrogen) atoms. The molecule has 0 aliphatic carbocycles. The fourth-order valence-corrected chi connectivity index (χ4v) is 4.18. The Hall–Kier alpha value is -3.07. The first-order valence-electron chi connectivity index (χ1n) is 10.7. The third kappa shape index (κ3) is 3.72. The number of benzene rings is 3. The Morgan fingerprint density at radius 1 is 0.867 bits per heavy atom. The molecule has 0 saturated carbocycles. The first-order chi connectivity index (χ1) is 14.5. The summed E-state index contributed by atoms with van der Waals surface area (Å²) < 4.78 is 8.73. The molecule has 0 N–H and O–H groups in total. The van der Waals surface area contributed by atoms with Crippen LogP contribution in [0.2, 0.25) is 0 Å². The molecule has 0 aliphatic rings. The van der Waals surface area contributed by atoms with Crippen LogP contribution in [0.25, 0.3) is 11.0 Å². The molecule has 0 radical (unpaired) electrons. The second-order valence-corrected chi connectivity index (χ2v) is 8.11. The summed E-state index contributed by atoms with van der Waals surface area (Å²) in [6.45, 7) is 11.8. The molecule has 3 nitrogen and oxygen atoms in total. The highest BCUT2D eigenvalue weighted by Gasteiger charge is 2.22. The van der Waals surface area contributed by atoms with Gasteiger partial charge >= 0.3 is 0 Å². The van der Waals surface area contributed by atoms with E-state index in [4.69, 9.17) is 9.72 Å². The average molecular weight is 399 g/mol. The number of hydrogen-bond donors (Lipinski definition) is 0. The molecule has 0 aliphatic heterocycles. The van der Waals surface area contributed by atoms with Crippen LogP contribution in [0.1, 0.15) is 53.1 Å². The zero-order chi connectivity index (χ0) is 21.3. The third-order valence-corrected chi connectivity index (χ3v) is 6.20. The minimum atomic E-state index is -0.105. The average Bonchev–Trinajstić information content (AvgIpc) is 3.12. The van der Waals surface area contributed by atoms with Gasteiger partial charge in [0, 0.05) is 0 Å². The van der Waals surface area contributed by atoms with Gasteiger partial charge in [0.2, 0.25) is 0 Å². The zero-order valence-electron chi connectivity index (χ0n) is 18.6. The number of aryl methyl sites for hydroxylation is 2. The van der Waals surface area contributed by atoms with Gasteiger partial charge in [0.1, 0.15) is 5.75 Å². The minimum Gasteiger partial charge on any atom is -0.483 e. The van der Waals surface area contributed by atoms with Gasteiger partial charge in [-0.2, -0.15) is 0 Å². The summed E-state index contributed by atoms with van der Waals surface area (Å²) >= 11 is 0. The smallest absolute Gasteiger partial charge is 0.156 e. The van der Waals surface area contributed by atoms with Crippen LogP contribution >= 0.6 is 0 Å². The summed E-state index contributed by atoms with van der Waals surface area (Å²) in [7, 11) is 0. The molecule has 0 amide bonds. The highest BCUT2D eigenvalue weighted by atomic mass is 16.5. The van der Waals surface area contributed by atoms with Crippen molar-refractivity contribution in [3.63, 3.8) is 0 Å². The lowest BCUT2D eigenvalue weighted by Crippen LogP contribution is -2.16. The minimum absolute atomic E-state index is 0.105. The van der Waals surface area contributed by atoms with Crippen LogP contribution in [0, 0.1) is 27.7 Å². The topological polar surface area (TPSA) is 27.1 Å². The van der Waals surface area contributed by atoms with Gasteiger partial charge in [-0.05, 0) is 86.2 Å². The Bertz CT molecular complexity index is 1150. The second kappa shape index (κ2) is 8.35. The van der Waals surface area contributed by atoms with E-state index < -0.39 is 0 Å². The van der Waals surface area contributed by atoms with Crippen LogP contribution < -0.4 is 4.74 Å². The molecule has 4 rings (SSSR count). The van der Waals surface area contributed by atoms with Crippen molar-refractivity contribution >= 4 is 11.0 Å². The van der Waals surface area contributed by atoms with Crippen molar-refractivity contribution in [2.45, 2.75) is 53.7 Å². The molecule has 1 unspecified atom stereocenters. The molecule has 0 saturated heterocycles. The van der Waals surface area contributed by atoms with Gasteiger partial charge in [-0.1, -0.05) is 43.3 Å². The van der Waals surface area contributed by atoms with Crippen molar-refractivity contribution in [3.05, 3.63) is 94.3 Å². The standard InChI is InChI=1S/C27H30N2O/c1-6-26(30-22-12-8-7-9-13-22)27-28-24-14-10-11-15-25(24)29(27)17-23-20(4)18(2)16-19(3)21(23)5/h7-16,26H,6,17H2,1-5H3. The number of imidazole rings is 1. The summed E-state index contributed by atoms with van der Waals surface area (Å²) in [5.74, 6) is 1.86. The van der Waals surface area contributed by atoms with E-state index in [2.05, 4.69) is 69.5 Å². The van der Waals surface area contributed by atoms with Crippen molar-refractivity contribution in [1.29, 1.82) is 0 Å². The van der Waals surface area contributed by atoms with Gasteiger partial charge in [0.15, 0.2) is 11.9 Å². The zero-order valence-corrected chi connectivity index (χ0v) is 18.6. The maximum absolute atomic E-state index is 6.38. The second-order valence-electron chi connectivity index (χ2n) is 8.11. The molecule has 3 aromatic carbocycles. The van der Waals surface area contributed by atoms with Gasteiger partial charge in [0.05, 0.1) is 17.6 Å². The van der Waals surface area contributed by atoms with Crippen LogP contribution in [0.5, 0.6) is 5.75 Å².